The largest absolute Gasteiger partial charge is 0.313 e. The van der Waals surface area contributed by atoms with E-state index in [1.54, 1.807) is 0 Å². The highest BCUT2D eigenvalue weighted by molar-refractivity contribution is 5.81. The van der Waals surface area contributed by atoms with E-state index >= 15 is 0 Å². The smallest absolute Gasteiger partial charge is 0.0709 e. The number of hydrogen-bond acceptors (Lipinski definition) is 2. The van der Waals surface area contributed by atoms with Gasteiger partial charge in [-0.25, -0.2) is 4.98 Å². The molecule has 0 aliphatic heterocycles. The first-order chi connectivity index (χ1) is 9.78. The molecular weight excluding hydrogens is 244 g/mol. The summed E-state index contributed by atoms with van der Waals surface area (Å²) in [5, 5.41) is 4.45. The molecule has 0 bridgehead atoms. The molecule has 0 saturated heterocycles. The summed E-state index contributed by atoms with van der Waals surface area (Å²) in [5.41, 5.74) is 4.50. The maximum atomic E-state index is 4.75. The molecule has 1 N–H and O–H groups in total. The molecule has 100 valence electrons. The number of rotatable bonds is 3. The Morgan fingerprint density at radius 3 is 2.65 bits per heavy atom. The van der Waals surface area contributed by atoms with Gasteiger partial charge in [-0.1, -0.05) is 42.5 Å². The van der Waals surface area contributed by atoms with Gasteiger partial charge in [0.25, 0.3) is 0 Å². The van der Waals surface area contributed by atoms with Gasteiger partial charge in [-0.15, -0.1) is 0 Å². The first-order valence-corrected chi connectivity index (χ1v) is 6.91. The Morgan fingerprint density at radius 1 is 0.950 bits per heavy atom. The van der Waals surface area contributed by atoms with E-state index in [1.165, 1.54) is 10.9 Å². The highest BCUT2D eigenvalue weighted by atomic mass is 14.8. The molecule has 2 nitrogen and oxygen atoms in total. The molecule has 1 atom stereocenters. The van der Waals surface area contributed by atoms with Crippen molar-refractivity contribution in [3.63, 3.8) is 0 Å². The number of pyridine rings is 1. The van der Waals surface area contributed by atoms with Crippen molar-refractivity contribution in [2.75, 3.05) is 7.05 Å². The van der Waals surface area contributed by atoms with Crippen LogP contribution < -0.4 is 5.32 Å². The quantitative estimate of drug-likeness (QED) is 0.766. The van der Waals surface area contributed by atoms with Gasteiger partial charge in [-0.3, -0.25) is 0 Å². The zero-order valence-electron chi connectivity index (χ0n) is 11.8. The van der Waals surface area contributed by atoms with Crippen LogP contribution in [0.4, 0.5) is 0 Å². The first kappa shape index (κ1) is 12.8. The molecule has 0 fully saturated rings. The number of benzene rings is 2. The second-order valence-corrected chi connectivity index (χ2v) is 5.03. The fourth-order valence-electron chi connectivity index (χ4n) is 2.36. The van der Waals surface area contributed by atoms with Crippen molar-refractivity contribution >= 4 is 10.9 Å². The van der Waals surface area contributed by atoms with E-state index in [0.717, 1.165) is 16.8 Å². The normalized spacial score (nSPS) is 12.5. The third kappa shape index (κ3) is 2.43. The highest BCUT2D eigenvalue weighted by Crippen LogP contribution is 2.23. The van der Waals surface area contributed by atoms with Crippen LogP contribution in [0.25, 0.3) is 22.2 Å². The second-order valence-electron chi connectivity index (χ2n) is 5.03. The van der Waals surface area contributed by atoms with E-state index in [-0.39, 0.29) is 0 Å². The summed E-state index contributed by atoms with van der Waals surface area (Å²) in [7, 11) is 1.98. The minimum atomic E-state index is 0.343. The Hall–Kier alpha value is -2.19. The van der Waals surface area contributed by atoms with Gasteiger partial charge in [-0.05, 0) is 37.7 Å². The van der Waals surface area contributed by atoms with Gasteiger partial charge in [0.15, 0.2) is 0 Å². The highest BCUT2D eigenvalue weighted by Gasteiger charge is 2.06. The van der Waals surface area contributed by atoms with Crippen LogP contribution in [-0.2, 0) is 0 Å². The second kappa shape index (κ2) is 5.43. The van der Waals surface area contributed by atoms with Gasteiger partial charge in [-0.2, -0.15) is 0 Å². The van der Waals surface area contributed by atoms with Gasteiger partial charge in [0.1, 0.15) is 0 Å². The Bertz CT molecular complexity index is 734. The minimum Gasteiger partial charge on any atom is -0.313 e. The van der Waals surface area contributed by atoms with Crippen LogP contribution in [0.1, 0.15) is 18.5 Å². The predicted molar refractivity (Wildman–Crippen MR) is 84.7 cm³/mol. The van der Waals surface area contributed by atoms with Crippen LogP contribution in [0.15, 0.2) is 60.7 Å². The molecule has 0 spiro atoms. The van der Waals surface area contributed by atoms with Crippen molar-refractivity contribution in [2.24, 2.45) is 0 Å². The van der Waals surface area contributed by atoms with Crippen molar-refractivity contribution in [2.45, 2.75) is 13.0 Å². The Morgan fingerprint density at radius 2 is 1.80 bits per heavy atom. The molecule has 0 radical (unpaired) electrons. The summed E-state index contributed by atoms with van der Waals surface area (Å²) in [6.45, 7) is 2.16. The van der Waals surface area contributed by atoms with Crippen LogP contribution in [0, 0.1) is 0 Å². The Kier molecular flexibility index (Phi) is 3.48. The third-order valence-electron chi connectivity index (χ3n) is 3.71. The minimum absolute atomic E-state index is 0.343. The van der Waals surface area contributed by atoms with E-state index < -0.39 is 0 Å². The fourth-order valence-corrected chi connectivity index (χ4v) is 2.36. The molecule has 0 saturated carbocycles. The summed E-state index contributed by atoms with van der Waals surface area (Å²) in [5.74, 6) is 0. The average molecular weight is 262 g/mol. The van der Waals surface area contributed by atoms with Gasteiger partial charge in [0.05, 0.1) is 11.2 Å². The Labute approximate surface area is 119 Å². The number of fused-ring (bicyclic) bond motifs is 1. The summed E-state index contributed by atoms with van der Waals surface area (Å²) < 4.78 is 0. The topological polar surface area (TPSA) is 24.9 Å². The van der Waals surface area contributed by atoms with Gasteiger partial charge < -0.3 is 5.32 Å². The summed E-state index contributed by atoms with van der Waals surface area (Å²) in [4.78, 5) is 4.75. The lowest BCUT2D eigenvalue weighted by Gasteiger charge is -2.12. The average Bonchev–Trinajstić information content (AvgIpc) is 2.53. The van der Waals surface area contributed by atoms with Gasteiger partial charge >= 0.3 is 0 Å². The van der Waals surface area contributed by atoms with Crippen molar-refractivity contribution in [3.8, 4) is 11.3 Å². The van der Waals surface area contributed by atoms with Crippen molar-refractivity contribution in [1.82, 2.24) is 10.3 Å². The van der Waals surface area contributed by atoms with Crippen LogP contribution in [-0.4, -0.2) is 12.0 Å². The molecule has 1 heterocycles. The van der Waals surface area contributed by atoms with E-state index in [0.29, 0.717) is 6.04 Å². The molecule has 20 heavy (non-hydrogen) atoms. The molecule has 1 unspecified atom stereocenters. The maximum Gasteiger partial charge on any atom is 0.0709 e. The van der Waals surface area contributed by atoms with Gasteiger partial charge in [0, 0.05) is 17.0 Å². The maximum absolute atomic E-state index is 4.75. The van der Waals surface area contributed by atoms with Crippen LogP contribution in [0.5, 0.6) is 0 Å². The molecule has 0 aliphatic rings. The van der Waals surface area contributed by atoms with Gasteiger partial charge in [0.2, 0.25) is 0 Å². The van der Waals surface area contributed by atoms with Crippen LogP contribution in [0.3, 0.4) is 0 Å². The summed E-state index contributed by atoms with van der Waals surface area (Å²) in [6.07, 6.45) is 0. The lowest BCUT2D eigenvalue weighted by molar-refractivity contribution is 0.652. The zero-order chi connectivity index (χ0) is 13.9. The number of hydrogen-bond donors (Lipinski definition) is 1. The van der Waals surface area contributed by atoms with E-state index in [9.17, 15) is 0 Å². The number of para-hydroxylation sites is 1. The molecule has 3 aromatic rings. The first-order valence-electron chi connectivity index (χ1n) is 6.91. The molecule has 2 heteroatoms. The fraction of sp³-hybridized carbons (Fsp3) is 0.167. The van der Waals surface area contributed by atoms with E-state index in [4.69, 9.17) is 4.98 Å². The lowest BCUT2D eigenvalue weighted by Crippen LogP contribution is -2.12. The predicted octanol–water partition coefficient (Wildman–Crippen LogP) is 4.18. The van der Waals surface area contributed by atoms with E-state index in [1.807, 2.05) is 19.2 Å². The SMILES string of the molecule is CNC(C)c1cccc(-c2ccc3ccccc3n2)c1. The third-order valence-corrected chi connectivity index (χ3v) is 3.71. The number of aromatic nitrogens is 1. The lowest BCUT2D eigenvalue weighted by atomic mass is 10.0. The van der Waals surface area contributed by atoms with Crippen LogP contribution >= 0.6 is 0 Å². The zero-order valence-corrected chi connectivity index (χ0v) is 11.8. The molecule has 0 amide bonds. The number of nitrogens with zero attached hydrogens (tertiary/aromatic N) is 1. The molecular formula is C18H18N2. The monoisotopic (exact) mass is 262 g/mol. The molecule has 2 aromatic carbocycles. The van der Waals surface area contributed by atoms with Crippen molar-refractivity contribution < 1.29 is 0 Å². The Balaban J connectivity index is 2.06. The van der Waals surface area contributed by atoms with Crippen molar-refractivity contribution in [3.05, 3.63) is 66.2 Å². The summed E-state index contributed by atoms with van der Waals surface area (Å²) in [6, 6.07) is 21.3. The molecule has 0 aliphatic carbocycles. The number of nitrogens with one attached hydrogen (secondary N) is 1. The van der Waals surface area contributed by atoms with E-state index in [2.05, 4.69) is 60.8 Å². The standard InChI is InChI=1S/C18H18N2/c1-13(19-2)15-7-5-8-16(12-15)18-11-10-14-6-3-4-9-17(14)20-18/h3-13,19H,1-2H3. The summed E-state index contributed by atoms with van der Waals surface area (Å²) >= 11 is 0. The van der Waals surface area contributed by atoms with Crippen molar-refractivity contribution in [1.29, 1.82) is 0 Å². The molecule has 3 rings (SSSR count). The molecule has 1 aromatic heterocycles. The van der Waals surface area contributed by atoms with Crippen LogP contribution in [0.2, 0.25) is 0 Å².